The van der Waals surface area contributed by atoms with Gasteiger partial charge in [0.15, 0.2) is 0 Å². The van der Waals surface area contributed by atoms with E-state index in [0.29, 0.717) is 41.4 Å². The number of likely N-dealkylation sites (tertiary alicyclic amines) is 1. The second-order valence-electron chi connectivity index (χ2n) is 12.1. The molecule has 3 heterocycles. The Morgan fingerprint density at radius 3 is 2.36 bits per heavy atom. The number of fused-ring (bicyclic) bond motifs is 1. The number of amides is 1. The lowest BCUT2D eigenvalue weighted by Gasteiger charge is -2.38. The lowest BCUT2D eigenvalue weighted by molar-refractivity contribution is 0.0696. The zero-order chi connectivity index (χ0) is 28.4. The van der Waals surface area contributed by atoms with Crippen LogP contribution in [0.25, 0.3) is 11.1 Å². The molecule has 4 N–H and O–H groups in total. The zero-order valence-electron chi connectivity index (χ0n) is 24.0. The van der Waals surface area contributed by atoms with Gasteiger partial charge in [0, 0.05) is 53.2 Å². The molecule has 6 rings (SSSR count). The molecule has 1 aromatic heterocycles. The van der Waals surface area contributed by atoms with Gasteiger partial charge in [0.2, 0.25) is 0 Å². The number of carbonyl (C=O) groups excluding carboxylic acids is 1. The quantitative estimate of drug-likeness (QED) is 0.249. The molecular formula is C35H45N5O2. The molecule has 1 aliphatic carbocycles. The van der Waals surface area contributed by atoms with Crippen LogP contribution in [0, 0.1) is 5.41 Å². The van der Waals surface area contributed by atoms with Crippen molar-refractivity contribution in [3.63, 3.8) is 0 Å². The summed E-state index contributed by atoms with van der Waals surface area (Å²) in [7, 11) is 0. The third-order valence-electron chi connectivity index (χ3n) is 9.46. The van der Waals surface area contributed by atoms with Crippen LogP contribution in [0.1, 0.15) is 85.5 Å². The summed E-state index contributed by atoms with van der Waals surface area (Å²) in [4.78, 5) is 19.9. The molecule has 7 nitrogen and oxygen atoms in total. The first-order valence-electron chi connectivity index (χ1n) is 15.1. The fourth-order valence-corrected chi connectivity index (χ4v) is 6.68. The van der Waals surface area contributed by atoms with Crippen LogP contribution in [0.15, 0.2) is 54.7 Å². The Balaban J connectivity index is 0.00000353. The first kappa shape index (κ1) is 29.9. The number of nitrogens with one attached hydrogen (secondary N) is 2. The number of nitrogens with zero attached hydrogens (tertiary/aromatic N) is 2. The van der Waals surface area contributed by atoms with E-state index in [9.17, 15) is 4.79 Å². The summed E-state index contributed by atoms with van der Waals surface area (Å²) >= 11 is 0. The summed E-state index contributed by atoms with van der Waals surface area (Å²) in [6.45, 7) is 6.28. The minimum Gasteiger partial charge on any atom is -0.383 e. The standard InChI is InChI=1S/C34H41N5O2.CH4/c1-34(39-16-2-3-17-39)14-10-23-4-9-26(20-27(23)11-15-34)28-21-30(32(36)37-22-28)31(35)24-5-7-25(8-6-24)33(40)38-29-12-18-41-19-13-29;/h4-9,20-22,29,35H,2-3,10-19H2,1H3,(H2,36,37)(H,38,40);1H4. The maximum Gasteiger partial charge on any atom is 0.251 e. The van der Waals surface area contributed by atoms with Gasteiger partial charge in [-0.15, -0.1) is 0 Å². The van der Waals surface area contributed by atoms with Crippen molar-refractivity contribution in [3.05, 3.63) is 82.5 Å². The maximum atomic E-state index is 12.7. The van der Waals surface area contributed by atoms with E-state index in [-0.39, 0.29) is 24.9 Å². The average molecular weight is 568 g/mol. The Labute approximate surface area is 250 Å². The van der Waals surface area contributed by atoms with Crippen LogP contribution in [-0.4, -0.2) is 59.4 Å². The average Bonchev–Trinajstić information content (AvgIpc) is 3.50. The van der Waals surface area contributed by atoms with Crippen LogP contribution < -0.4 is 11.1 Å². The first-order chi connectivity index (χ1) is 19.9. The van der Waals surface area contributed by atoms with Crippen LogP contribution in [-0.2, 0) is 17.6 Å². The molecule has 3 aromatic rings. The van der Waals surface area contributed by atoms with Crippen molar-refractivity contribution >= 4 is 17.4 Å². The van der Waals surface area contributed by atoms with Gasteiger partial charge in [-0.2, -0.15) is 0 Å². The van der Waals surface area contributed by atoms with Gasteiger partial charge >= 0.3 is 0 Å². The molecule has 2 saturated heterocycles. The van der Waals surface area contributed by atoms with Crippen molar-refractivity contribution in [2.45, 2.75) is 77.3 Å². The fourth-order valence-electron chi connectivity index (χ4n) is 6.68. The third-order valence-corrected chi connectivity index (χ3v) is 9.46. The zero-order valence-corrected chi connectivity index (χ0v) is 24.0. The van der Waals surface area contributed by atoms with E-state index in [4.69, 9.17) is 15.9 Å². The number of rotatable bonds is 6. The highest BCUT2D eigenvalue weighted by Crippen LogP contribution is 2.36. The predicted octanol–water partition coefficient (Wildman–Crippen LogP) is 6.03. The molecule has 0 spiro atoms. The molecule has 222 valence electrons. The number of aryl methyl sites for hydroxylation is 2. The van der Waals surface area contributed by atoms with Crippen LogP contribution in [0.4, 0.5) is 5.82 Å². The third kappa shape index (κ3) is 6.27. The van der Waals surface area contributed by atoms with E-state index in [1.165, 1.54) is 49.9 Å². The molecule has 0 radical (unpaired) electrons. The number of nitrogens with two attached hydrogens (primary N) is 1. The van der Waals surface area contributed by atoms with E-state index in [1.807, 2.05) is 24.4 Å². The van der Waals surface area contributed by atoms with Gasteiger partial charge in [0.25, 0.3) is 5.91 Å². The summed E-state index contributed by atoms with van der Waals surface area (Å²) in [5.74, 6) is 0.235. The number of nitrogen functional groups attached to an aromatic ring is 1. The van der Waals surface area contributed by atoms with Gasteiger partial charge in [0.1, 0.15) is 5.82 Å². The Kier molecular flexibility index (Phi) is 9.09. The number of ether oxygens (including phenoxy) is 1. The Morgan fingerprint density at radius 2 is 1.64 bits per heavy atom. The SMILES string of the molecule is C.CC1(N2CCCC2)CCc2ccc(-c3cnc(N)c(C(=N)c4ccc(C(=O)NC5CCOCC5)cc4)c3)cc2CC1. The predicted molar refractivity (Wildman–Crippen MR) is 170 cm³/mol. The van der Waals surface area contributed by atoms with Crippen LogP contribution in [0.3, 0.4) is 0 Å². The van der Waals surface area contributed by atoms with Crippen LogP contribution in [0.5, 0.6) is 0 Å². The topological polar surface area (TPSA) is 104 Å². The monoisotopic (exact) mass is 567 g/mol. The van der Waals surface area contributed by atoms with Gasteiger partial charge in [-0.1, -0.05) is 37.8 Å². The molecular weight excluding hydrogens is 522 g/mol. The van der Waals surface area contributed by atoms with Gasteiger partial charge in [-0.05, 0) is 106 Å². The highest BCUT2D eigenvalue weighted by molar-refractivity contribution is 6.14. The largest absolute Gasteiger partial charge is 0.383 e. The van der Waals surface area contributed by atoms with E-state index in [1.54, 1.807) is 12.1 Å². The van der Waals surface area contributed by atoms with Crippen molar-refractivity contribution < 1.29 is 9.53 Å². The number of benzene rings is 2. The molecule has 0 bridgehead atoms. The van der Waals surface area contributed by atoms with Crippen molar-refractivity contribution in [2.75, 3.05) is 32.0 Å². The molecule has 3 aliphatic rings. The van der Waals surface area contributed by atoms with E-state index in [0.717, 1.165) is 36.8 Å². The number of anilines is 1. The molecule has 2 aromatic carbocycles. The molecule has 1 amide bonds. The van der Waals surface area contributed by atoms with Crippen molar-refractivity contribution in [1.82, 2.24) is 15.2 Å². The lowest BCUT2D eigenvalue weighted by Crippen LogP contribution is -2.44. The molecule has 2 fully saturated rings. The highest BCUT2D eigenvalue weighted by atomic mass is 16.5. The van der Waals surface area contributed by atoms with E-state index in [2.05, 4.69) is 40.3 Å². The molecule has 1 unspecified atom stereocenters. The summed E-state index contributed by atoms with van der Waals surface area (Å²) in [5, 5.41) is 12.0. The van der Waals surface area contributed by atoms with Crippen molar-refractivity contribution in [1.29, 1.82) is 5.41 Å². The minimum atomic E-state index is -0.0953. The van der Waals surface area contributed by atoms with Gasteiger partial charge in [-0.3, -0.25) is 15.1 Å². The van der Waals surface area contributed by atoms with Crippen LogP contribution >= 0.6 is 0 Å². The van der Waals surface area contributed by atoms with Gasteiger partial charge in [0.05, 0.1) is 5.71 Å². The molecule has 2 aliphatic heterocycles. The van der Waals surface area contributed by atoms with E-state index < -0.39 is 0 Å². The second kappa shape index (κ2) is 12.8. The second-order valence-corrected chi connectivity index (χ2v) is 12.1. The summed E-state index contributed by atoms with van der Waals surface area (Å²) in [5.41, 5.74) is 13.7. The minimum absolute atomic E-state index is 0. The molecule has 7 heteroatoms. The van der Waals surface area contributed by atoms with E-state index >= 15 is 0 Å². The highest BCUT2D eigenvalue weighted by Gasteiger charge is 2.34. The molecule has 1 atom stereocenters. The maximum absolute atomic E-state index is 12.7. The normalized spacial score (nSPS) is 21.2. The molecule has 0 saturated carbocycles. The van der Waals surface area contributed by atoms with Crippen LogP contribution in [0.2, 0.25) is 0 Å². The first-order valence-corrected chi connectivity index (χ1v) is 15.1. The Hall–Kier alpha value is -3.55. The summed E-state index contributed by atoms with van der Waals surface area (Å²) < 4.78 is 5.38. The fraction of sp³-hybridized carbons (Fsp3) is 0.457. The smallest absolute Gasteiger partial charge is 0.251 e. The number of hydrogen-bond donors (Lipinski definition) is 3. The Bertz CT molecular complexity index is 1420. The number of pyridine rings is 1. The van der Waals surface area contributed by atoms with Gasteiger partial charge < -0.3 is 15.8 Å². The number of hydrogen-bond acceptors (Lipinski definition) is 6. The summed E-state index contributed by atoms with van der Waals surface area (Å²) in [6.07, 6.45) is 10.7. The number of aromatic nitrogens is 1. The summed E-state index contributed by atoms with van der Waals surface area (Å²) in [6, 6.07) is 16.1. The van der Waals surface area contributed by atoms with Crippen molar-refractivity contribution in [2.24, 2.45) is 0 Å². The Morgan fingerprint density at radius 1 is 0.976 bits per heavy atom. The van der Waals surface area contributed by atoms with Crippen molar-refractivity contribution in [3.8, 4) is 11.1 Å². The lowest BCUT2D eigenvalue weighted by atomic mass is 9.90. The number of carbonyl (C=O) groups is 1. The molecule has 42 heavy (non-hydrogen) atoms. The van der Waals surface area contributed by atoms with Gasteiger partial charge in [-0.25, -0.2) is 4.98 Å².